The van der Waals surface area contributed by atoms with Crippen LogP contribution in [0.4, 0.5) is 0 Å². The van der Waals surface area contributed by atoms with Crippen LogP contribution in [0.1, 0.15) is 5.56 Å². The molecule has 0 saturated carbocycles. The van der Waals surface area contributed by atoms with Gasteiger partial charge < -0.3 is 15.3 Å². The van der Waals surface area contributed by atoms with Gasteiger partial charge in [0.1, 0.15) is 17.2 Å². The number of hydrogen-bond donors (Lipinski definition) is 3. The standard InChI is InChI=1S/C19H13NO3/c20-11-12-5-3-9-16(22)18(12)19-14(7-4-10-17(19)23)13-6-1-2-8-15(13)21/h1-10,21-23H. The van der Waals surface area contributed by atoms with Gasteiger partial charge in [0.2, 0.25) is 0 Å². The Morgan fingerprint density at radius 2 is 1.17 bits per heavy atom. The first kappa shape index (κ1) is 14.5. The van der Waals surface area contributed by atoms with Gasteiger partial charge in [-0.15, -0.1) is 0 Å². The lowest BCUT2D eigenvalue weighted by Crippen LogP contribution is -1.91. The molecule has 4 heteroatoms. The van der Waals surface area contributed by atoms with Gasteiger partial charge in [0.25, 0.3) is 0 Å². The van der Waals surface area contributed by atoms with Crippen LogP contribution < -0.4 is 0 Å². The number of nitrogens with zero attached hydrogens (tertiary/aromatic N) is 1. The second-order valence-electron chi connectivity index (χ2n) is 5.03. The van der Waals surface area contributed by atoms with Crippen LogP contribution in [0, 0.1) is 11.3 Å². The van der Waals surface area contributed by atoms with Crippen LogP contribution in [0.15, 0.2) is 60.7 Å². The van der Waals surface area contributed by atoms with Crippen LogP contribution in [0.25, 0.3) is 22.3 Å². The van der Waals surface area contributed by atoms with Crippen molar-refractivity contribution in [1.82, 2.24) is 0 Å². The molecule has 0 atom stereocenters. The lowest BCUT2D eigenvalue weighted by atomic mass is 9.90. The zero-order valence-corrected chi connectivity index (χ0v) is 12.1. The average Bonchev–Trinajstić information content (AvgIpc) is 2.55. The summed E-state index contributed by atoms with van der Waals surface area (Å²) in [5.41, 5.74) is 1.82. The molecule has 0 fully saturated rings. The molecule has 0 saturated heterocycles. The van der Waals surface area contributed by atoms with Crippen LogP contribution in [0.2, 0.25) is 0 Å². The molecule has 0 aromatic heterocycles. The van der Waals surface area contributed by atoms with Crippen LogP contribution in [-0.4, -0.2) is 15.3 Å². The number of hydrogen-bond acceptors (Lipinski definition) is 4. The Kier molecular flexibility index (Phi) is 3.62. The predicted molar refractivity (Wildman–Crippen MR) is 87.0 cm³/mol. The van der Waals surface area contributed by atoms with Crippen molar-refractivity contribution in [3.05, 3.63) is 66.2 Å². The van der Waals surface area contributed by atoms with Gasteiger partial charge in [-0.25, -0.2) is 0 Å². The molecule has 0 bridgehead atoms. The fraction of sp³-hybridized carbons (Fsp3) is 0. The van der Waals surface area contributed by atoms with Gasteiger partial charge in [-0.2, -0.15) is 5.26 Å². The second-order valence-corrected chi connectivity index (χ2v) is 5.03. The monoisotopic (exact) mass is 303 g/mol. The third-order valence-electron chi connectivity index (χ3n) is 3.65. The summed E-state index contributed by atoms with van der Waals surface area (Å²) in [6, 6.07) is 18.2. The van der Waals surface area contributed by atoms with Gasteiger partial charge in [0.05, 0.1) is 11.6 Å². The molecule has 0 aliphatic carbocycles. The number of phenols is 3. The van der Waals surface area contributed by atoms with Crippen LogP contribution in [0.5, 0.6) is 17.2 Å². The Hall–Kier alpha value is -3.45. The first-order valence-corrected chi connectivity index (χ1v) is 6.96. The highest BCUT2D eigenvalue weighted by Crippen LogP contribution is 2.45. The van der Waals surface area contributed by atoms with Crippen molar-refractivity contribution in [3.8, 4) is 45.6 Å². The largest absolute Gasteiger partial charge is 0.507 e. The van der Waals surface area contributed by atoms with E-state index in [-0.39, 0.29) is 28.4 Å². The zero-order chi connectivity index (χ0) is 16.4. The summed E-state index contributed by atoms with van der Waals surface area (Å²) >= 11 is 0. The predicted octanol–water partition coefficient (Wildman–Crippen LogP) is 4.01. The minimum Gasteiger partial charge on any atom is -0.507 e. The number of phenolic OH excluding ortho intramolecular Hbond substituents is 3. The van der Waals surface area contributed by atoms with Crippen LogP contribution in [-0.2, 0) is 0 Å². The normalized spacial score (nSPS) is 10.2. The maximum atomic E-state index is 10.3. The van der Waals surface area contributed by atoms with E-state index in [0.717, 1.165) is 0 Å². The molecule has 112 valence electrons. The number of benzene rings is 3. The Morgan fingerprint density at radius 1 is 0.609 bits per heavy atom. The van der Waals surface area contributed by atoms with E-state index in [1.54, 1.807) is 48.5 Å². The van der Waals surface area contributed by atoms with E-state index >= 15 is 0 Å². The van der Waals surface area contributed by atoms with E-state index in [4.69, 9.17) is 0 Å². The number of rotatable bonds is 2. The molecule has 3 aromatic rings. The van der Waals surface area contributed by atoms with Gasteiger partial charge in [0, 0.05) is 16.7 Å². The molecular weight excluding hydrogens is 290 g/mol. The Labute approximate surface area is 133 Å². The molecule has 0 spiro atoms. The summed E-state index contributed by atoms with van der Waals surface area (Å²) in [7, 11) is 0. The molecule has 0 aliphatic rings. The number of nitriles is 1. The number of para-hydroxylation sites is 1. The fourth-order valence-electron chi connectivity index (χ4n) is 2.62. The third kappa shape index (κ3) is 2.45. The molecule has 4 nitrogen and oxygen atoms in total. The minimum absolute atomic E-state index is 0.0493. The van der Waals surface area contributed by atoms with Gasteiger partial charge in [-0.3, -0.25) is 0 Å². The highest BCUT2D eigenvalue weighted by Gasteiger charge is 2.19. The second kappa shape index (κ2) is 5.74. The molecule has 0 amide bonds. The first-order chi connectivity index (χ1) is 11.1. The summed E-state index contributed by atoms with van der Waals surface area (Å²) in [6.07, 6.45) is 0. The SMILES string of the molecule is N#Cc1cccc(O)c1-c1c(O)cccc1-c1ccccc1O. The third-order valence-corrected chi connectivity index (χ3v) is 3.65. The maximum absolute atomic E-state index is 10.3. The molecule has 0 aliphatic heterocycles. The summed E-state index contributed by atoms with van der Waals surface area (Å²) in [5, 5.41) is 40.0. The molecule has 0 unspecified atom stereocenters. The highest BCUT2D eigenvalue weighted by atomic mass is 16.3. The number of aromatic hydroxyl groups is 3. The first-order valence-electron chi connectivity index (χ1n) is 6.96. The van der Waals surface area contributed by atoms with Crippen LogP contribution >= 0.6 is 0 Å². The summed E-state index contributed by atoms with van der Waals surface area (Å²) < 4.78 is 0. The van der Waals surface area contributed by atoms with Crippen molar-refractivity contribution < 1.29 is 15.3 Å². The van der Waals surface area contributed by atoms with Gasteiger partial charge >= 0.3 is 0 Å². The van der Waals surface area contributed by atoms with Gasteiger partial charge in [-0.05, 0) is 29.8 Å². The van der Waals surface area contributed by atoms with E-state index in [1.807, 2.05) is 6.07 Å². The van der Waals surface area contributed by atoms with Crippen molar-refractivity contribution in [2.45, 2.75) is 0 Å². The molecule has 23 heavy (non-hydrogen) atoms. The summed E-state index contributed by atoms with van der Waals surface area (Å²) in [6.45, 7) is 0. The lowest BCUT2D eigenvalue weighted by Gasteiger charge is -2.15. The van der Waals surface area contributed by atoms with Gasteiger partial charge in [0.15, 0.2) is 0 Å². The quantitative estimate of drug-likeness (QED) is 0.668. The Bertz CT molecular complexity index is 926. The summed E-state index contributed by atoms with van der Waals surface area (Å²) in [5.74, 6) is -0.140. The van der Waals surface area contributed by atoms with E-state index < -0.39 is 0 Å². The van der Waals surface area contributed by atoms with Crippen molar-refractivity contribution in [2.75, 3.05) is 0 Å². The van der Waals surface area contributed by atoms with Gasteiger partial charge in [-0.1, -0.05) is 36.4 Å². The molecule has 0 heterocycles. The fourth-order valence-corrected chi connectivity index (χ4v) is 2.62. The maximum Gasteiger partial charge on any atom is 0.124 e. The summed E-state index contributed by atoms with van der Waals surface area (Å²) in [4.78, 5) is 0. The van der Waals surface area contributed by atoms with E-state index in [2.05, 4.69) is 0 Å². The lowest BCUT2D eigenvalue weighted by molar-refractivity contribution is 0.468. The Morgan fingerprint density at radius 3 is 1.87 bits per heavy atom. The smallest absolute Gasteiger partial charge is 0.124 e. The van der Waals surface area contributed by atoms with E-state index in [9.17, 15) is 20.6 Å². The van der Waals surface area contributed by atoms with Crippen LogP contribution in [0.3, 0.4) is 0 Å². The van der Waals surface area contributed by atoms with E-state index in [0.29, 0.717) is 16.7 Å². The van der Waals surface area contributed by atoms with E-state index in [1.165, 1.54) is 12.1 Å². The molecule has 3 aromatic carbocycles. The zero-order valence-electron chi connectivity index (χ0n) is 12.1. The minimum atomic E-state index is -0.109. The van der Waals surface area contributed by atoms with Crippen molar-refractivity contribution in [3.63, 3.8) is 0 Å². The van der Waals surface area contributed by atoms with Crippen molar-refractivity contribution in [1.29, 1.82) is 5.26 Å². The Balaban J connectivity index is 2.39. The average molecular weight is 303 g/mol. The molecule has 3 rings (SSSR count). The molecule has 3 N–H and O–H groups in total. The molecular formula is C19H13NO3. The molecule has 0 radical (unpaired) electrons. The van der Waals surface area contributed by atoms with Crippen molar-refractivity contribution in [2.24, 2.45) is 0 Å². The topological polar surface area (TPSA) is 84.5 Å². The van der Waals surface area contributed by atoms with Crippen molar-refractivity contribution >= 4 is 0 Å². The highest BCUT2D eigenvalue weighted by molar-refractivity contribution is 5.93.